The molecule has 1 N–H and O–H groups in total. The number of nitrogens with zero attached hydrogens (tertiary/aromatic N) is 5. The van der Waals surface area contributed by atoms with Crippen LogP contribution in [0.4, 0.5) is 11.8 Å². The van der Waals surface area contributed by atoms with Crippen molar-refractivity contribution in [1.29, 1.82) is 0 Å². The lowest BCUT2D eigenvalue weighted by molar-refractivity contribution is 0.122. The van der Waals surface area contributed by atoms with Crippen molar-refractivity contribution >= 4 is 11.8 Å². The molecule has 144 valence electrons. The molecule has 7 nitrogen and oxygen atoms in total. The third-order valence-corrected chi connectivity index (χ3v) is 5.39. The molecule has 2 aromatic heterocycles. The van der Waals surface area contributed by atoms with Crippen LogP contribution in [0, 0.1) is 5.92 Å². The van der Waals surface area contributed by atoms with Crippen LogP contribution in [0.25, 0.3) is 0 Å². The fourth-order valence-electron chi connectivity index (χ4n) is 3.78. The van der Waals surface area contributed by atoms with E-state index in [1.54, 1.807) is 12.4 Å². The molecule has 4 rings (SSSR count). The lowest BCUT2D eigenvalue weighted by Gasteiger charge is -2.28. The lowest BCUT2D eigenvalue weighted by atomic mass is 9.97. The molecule has 0 amide bonds. The molecule has 2 aromatic rings. The van der Waals surface area contributed by atoms with Gasteiger partial charge >= 0.3 is 0 Å². The van der Waals surface area contributed by atoms with Crippen LogP contribution in [0.15, 0.2) is 30.6 Å². The summed E-state index contributed by atoms with van der Waals surface area (Å²) in [6, 6.07) is 6.10. The number of aromatic nitrogens is 3. The van der Waals surface area contributed by atoms with Gasteiger partial charge in [0, 0.05) is 56.3 Å². The van der Waals surface area contributed by atoms with E-state index in [-0.39, 0.29) is 12.0 Å². The molecule has 0 saturated carbocycles. The van der Waals surface area contributed by atoms with Crippen molar-refractivity contribution < 1.29 is 9.84 Å². The number of ether oxygens (including phenoxy) is 1. The fraction of sp³-hybridized carbons (Fsp3) is 0.550. The van der Waals surface area contributed by atoms with Crippen LogP contribution < -0.4 is 9.80 Å². The Morgan fingerprint density at radius 1 is 1.11 bits per heavy atom. The average molecular weight is 369 g/mol. The smallest absolute Gasteiger partial charge is 0.227 e. The van der Waals surface area contributed by atoms with Crippen LogP contribution in [0.5, 0.6) is 0 Å². The Balaban J connectivity index is 1.52. The van der Waals surface area contributed by atoms with Crippen molar-refractivity contribution in [3.8, 4) is 0 Å². The highest BCUT2D eigenvalue weighted by molar-refractivity contribution is 5.47. The van der Waals surface area contributed by atoms with E-state index >= 15 is 0 Å². The number of aliphatic hydroxyl groups excluding tert-OH is 1. The van der Waals surface area contributed by atoms with Gasteiger partial charge in [0.1, 0.15) is 5.82 Å². The van der Waals surface area contributed by atoms with E-state index in [1.165, 1.54) is 5.56 Å². The van der Waals surface area contributed by atoms with Crippen molar-refractivity contribution in [3.63, 3.8) is 0 Å². The number of aryl methyl sites for hydroxylation is 1. The fourth-order valence-corrected chi connectivity index (χ4v) is 3.78. The minimum atomic E-state index is -0.356. The molecule has 2 aliphatic rings. The summed E-state index contributed by atoms with van der Waals surface area (Å²) >= 11 is 0. The highest BCUT2D eigenvalue weighted by Gasteiger charge is 2.32. The first-order valence-corrected chi connectivity index (χ1v) is 9.75. The molecule has 0 bridgehead atoms. The van der Waals surface area contributed by atoms with Crippen LogP contribution in [0.3, 0.4) is 0 Å². The number of rotatable bonds is 5. The van der Waals surface area contributed by atoms with Gasteiger partial charge in [0.05, 0.1) is 19.3 Å². The van der Waals surface area contributed by atoms with Gasteiger partial charge in [-0.2, -0.15) is 4.98 Å². The molecule has 27 heavy (non-hydrogen) atoms. The molecule has 0 unspecified atom stereocenters. The quantitative estimate of drug-likeness (QED) is 0.852. The molecule has 0 aromatic carbocycles. The lowest BCUT2D eigenvalue weighted by Crippen LogP contribution is -2.38. The second kappa shape index (κ2) is 8.19. The van der Waals surface area contributed by atoms with Gasteiger partial charge in [-0.25, -0.2) is 4.98 Å². The van der Waals surface area contributed by atoms with Crippen molar-refractivity contribution in [3.05, 3.63) is 41.9 Å². The maximum absolute atomic E-state index is 10.6. The van der Waals surface area contributed by atoms with Gasteiger partial charge < -0.3 is 19.6 Å². The van der Waals surface area contributed by atoms with E-state index < -0.39 is 0 Å². The van der Waals surface area contributed by atoms with Gasteiger partial charge in [0.25, 0.3) is 0 Å². The van der Waals surface area contributed by atoms with Crippen LogP contribution >= 0.6 is 0 Å². The second-order valence-corrected chi connectivity index (χ2v) is 7.26. The predicted octanol–water partition coefficient (Wildman–Crippen LogP) is 1.31. The second-order valence-electron chi connectivity index (χ2n) is 7.26. The molecule has 0 radical (unpaired) electrons. The zero-order valence-corrected chi connectivity index (χ0v) is 15.8. The summed E-state index contributed by atoms with van der Waals surface area (Å²) in [6.07, 6.45) is 4.97. The average Bonchev–Trinajstić information content (AvgIpc) is 3.09. The van der Waals surface area contributed by atoms with Gasteiger partial charge in [-0.05, 0) is 30.5 Å². The van der Waals surface area contributed by atoms with Gasteiger partial charge in [-0.15, -0.1) is 0 Å². The summed E-state index contributed by atoms with van der Waals surface area (Å²) in [6.45, 7) is 6.59. The van der Waals surface area contributed by atoms with Gasteiger partial charge in [0.2, 0.25) is 5.95 Å². The van der Waals surface area contributed by atoms with Gasteiger partial charge in [-0.1, -0.05) is 6.92 Å². The minimum absolute atomic E-state index is 0.194. The highest BCUT2D eigenvalue weighted by Crippen LogP contribution is 2.27. The summed E-state index contributed by atoms with van der Waals surface area (Å²) in [5.74, 6) is 1.89. The standard InChI is InChI=1S/C20H27N5O2/c1-2-17-12-19(23-20(22-17)24-7-9-27-10-8-24)25-13-16(18(26)14-25)11-15-3-5-21-6-4-15/h3-6,12,16,18,26H,2,7-11,13-14H2,1H3/t16-,18+/m1/s1. The SMILES string of the molecule is CCc1cc(N2C[C@@H](Cc3ccncc3)[C@@H](O)C2)nc(N2CCOCC2)n1. The first-order chi connectivity index (χ1) is 13.2. The molecule has 0 aliphatic carbocycles. The number of aliphatic hydroxyl groups is 1. The summed E-state index contributed by atoms with van der Waals surface area (Å²) in [5.41, 5.74) is 2.25. The number of pyridine rings is 1. The van der Waals surface area contributed by atoms with Crippen LogP contribution in [-0.2, 0) is 17.6 Å². The number of β-amino-alcohol motifs (C(OH)–C–C–N with tert-alkyl or cyclic N) is 1. The zero-order valence-electron chi connectivity index (χ0n) is 15.8. The molecule has 2 saturated heterocycles. The van der Waals surface area contributed by atoms with Crippen molar-refractivity contribution in [2.24, 2.45) is 5.92 Å². The number of morpholine rings is 1. The zero-order chi connectivity index (χ0) is 18.6. The van der Waals surface area contributed by atoms with E-state index in [0.717, 1.165) is 49.9 Å². The highest BCUT2D eigenvalue weighted by atomic mass is 16.5. The van der Waals surface area contributed by atoms with Crippen molar-refractivity contribution in [2.45, 2.75) is 25.9 Å². The molecule has 2 aliphatic heterocycles. The molecule has 0 spiro atoms. The first kappa shape index (κ1) is 18.1. The maximum atomic E-state index is 10.6. The van der Waals surface area contributed by atoms with Crippen molar-refractivity contribution in [1.82, 2.24) is 15.0 Å². The van der Waals surface area contributed by atoms with Gasteiger partial charge in [-0.3, -0.25) is 4.98 Å². The Kier molecular flexibility index (Phi) is 5.50. The topological polar surface area (TPSA) is 74.6 Å². The first-order valence-electron chi connectivity index (χ1n) is 9.75. The Morgan fingerprint density at radius 2 is 1.89 bits per heavy atom. The van der Waals surface area contributed by atoms with E-state index in [4.69, 9.17) is 14.7 Å². The minimum Gasteiger partial charge on any atom is -0.391 e. The number of hydrogen-bond acceptors (Lipinski definition) is 7. The Bertz CT molecular complexity index is 751. The summed E-state index contributed by atoms with van der Waals surface area (Å²) in [4.78, 5) is 18.0. The normalized spacial score (nSPS) is 23.0. The molecular formula is C20H27N5O2. The van der Waals surface area contributed by atoms with Crippen LogP contribution in [0.2, 0.25) is 0 Å². The molecular weight excluding hydrogens is 342 g/mol. The summed E-state index contributed by atoms with van der Waals surface area (Å²) in [5, 5.41) is 10.6. The largest absolute Gasteiger partial charge is 0.391 e. The van der Waals surface area contributed by atoms with E-state index in [1.807, 2.05) is 12.1 Å². The third-order valence-electron chi connectivity index (χ3n) is 5.39. The van der Waals surface area contributed by atoms with Crippen molar-refractivity contribution in [2.75, 3.05) is 49.2 Å². The van der Waals surface area contributed by atoms with Gasteiger partial charge in [0.15, 0.2) is 0 Å². The monoisotopic (exact) mass is 369 g/mol. The Labute approximate surface area is 160 Å². The van der Waals surface area contributed by atoms with E-state index in [2.05, 4.69) is 27.8 Å². The molecule has 4 heterocycles. The van der Waals surface area contributed by atoms with Crippen LogP contribution in [-0.4, -0.2) is 65.6 Å². The number of anilines is 2. The Morgan fingerprint density at radius 3 is 2.63 bits per heavy atom. The molecule has 7 heteroatoms. The number of hydrogen-bond donors (Lipinski definition) is 1. The van der Waals surface area contributed by atoms with E-state index in [9.17, 15) is 5.11 Å². The third kappa shape index (κ3) is 4.20. The summed E-state index contributed by atoms with van der Waals surface area (Å²) in [7, 11) is 0. The molecule has 2 fully saturated rings. The van der Waals surface area contributed by atoms with E-state index in [0.29, 0.717) is 19.8 Å². The maximum Gasteiger partial charge on any atom is 0.227 e. The summed E-state index contributed by atoms with van der Waals surface area (Å²) < 4.78 is 5.45. The molecule has 2 atom stereocenters. The Hall–Kier alpha value is -2.25. The van der Waals surface area contributed by atoms with Crippen LogP contribution in [0.1, 0.15) is 18.2 Å². The predicted molar refractivity (Wildman–Crippen MR) is 104 cm³/mol.